The molecule has 1 aromatic carbocycles. The van der Waals surface area contributed by atoms with Gasteiger partial charge in [-0.15, -0.1) is 0 Å². The SMILES string of the molecule is CC(=O)c1c(C)cc(O)cc1CN. The van der Waals surface area contributed by atoms with Gasteiger partial charge in [-0.2, -0.15) is 0 Å². The van der Waals surface area contributed by atoms with Gasteiger partial charge in [-0.3, -0.25) is 4.79 Å². The number of Topliss-reactive ketones (excluding diaryl/α,β-unsaturated/α-hetero) is 1. The Hall–Kier alpha value is -1.35. The van der Waals surface area contributed by atoms with Crippen LogP contribution >= 0.6 is 0 Å². The third kappa shape index (κ3) is 1.87. The average molecular weight is 179 g/mol. The highest BCUT2D eigenvalue weighted by Crippen LogP contribution is 2.21. The van der Waals surface area contributed by atoms with Gasteiger partial charge in [-0.05, 0) is 37.1 Å². The van der Waals surface area contributed by atoms with Crippen LogP contribution in [0, 0.1) is 6.92 Å². The lowest BCUT2D eigenvalue weighted by Crippen LogP contribution is -2.07. The fraction of sp³-hybridized carbons (Fsp3) is 0.300. The van der Waals surface area contributed by atoms with Gasteiger partial charge in [0.05, 0.1) is 0 Å². The van der Waals surface area contributed by atoms with Crippen molar-refractivity contribution in [1.82, 2.24) is 0 Å². The first kappa shape index (κ1) is 9.74. The number of ketones is 1. The Morgan fingerprint density at radius 3 is 2.62 bits per heavy atom. The molecule has 70 valence electrons. The molecule has 3 heteroatoms. The van der Waals surface area contributed by atoms with Crippen molar-refractivity contribution in [2.24, 2.45) is 5.73 Å². The Labute approximate surface area is 77.2 Å². The maximum Gasteiger partial charge on any atom is 0.160 e. The van der Waals surface area contributed by atoms with Crippen molar-refractivity contribution in [3.05, 3.63) is 28.8 Å². The van der Waals surface area contributed by atoms with Crippen molar-refractivity contribution in [1.29, 1.82) is 0 Å². The zero-order valence-electron chi connectivity index (χ0n) is 7.79. The number of carbonyl (C=O) groups excluding carboxylic acids is 1. The third-order valence-corrected chi connectivity index (χ3v) is 1.97. The molecule has 0 aliphatic heterocycles. The number of hydrogen-bond acceptors (Lipinski definition) is 3. The van der Waals surface area contributed by atoms with E-state index in [-0.39, 0.29) is 18.1 Å². The van der Waals surface area contributed by atoms with Crippen LogP contribution < -0.4 is 5.73 Å². The summed E-state index contributed by atoms with van der Waals surface area (Å²) in [5.74, 6) is 0.140. The molecule has 0 saturated carbocycles. The molecule has 0 radical (unpaired) electrons. The first-order chi connectivity index (χ1) is 6.06. The van der Waals surface area contributed by atoms with Crippen LogP contribution in [0.15, 0.2) is 12.1 Å². The summed E-state index contributed by atoms with van der Waals surface area (Å²) in [7, 11) is 0. The monoisotopic (exact) mass is 179 g/mol. The zero-order chi connectivity index (χ0) is 10.0. The van der Waals surface area contributed by atoms with Crippen molar-refractivity contribution >= 4 is 5.78 Å². The van der Waals surface area contributed by atoms with Gasteiger partial charge in [0, 0.05) is 12.1 Å². The number of aromatic hydroxyl groups is 1. The molecule has 13 heavy (non-hydrogen) atoms. The van der Waals surface area contributed by atoms with E-state index in [0.717, 1.165) is 5.56 Å². The van der Waals surface area contributed by atoms with E-state index in [9.17, 15) is 9.90 Å². The van der Waals surface area contributed by atoms with Gasteiger partial charge in [-0.25, -0.2) is 0 Å². The van der Waals surface area contributed by atoms with Gasteiger partial charge in [0.25, 0.3) is 0 Å². The van der Waals surface area contributed by atoms with E-state index in [1.807, 2.05) is 0 Å². The largest absolute Gasteiger partial charge is 0.508 e. The quantitative estimate of drug-likeness (QED) is 0.674. The predicted molar refractivity (Wildman–Crippen MR) is 50.7 cm³/mol. The third-order valence-electron chi connectivity index (χ3n) is 1.97. The number of nitrogens with two attached hydrogens (primary N) is 1. The van der Waals surface area contributed by atoms with Gasteiger partial charge in [0.2, 0.25) is 0 Å². The Morgan fingerprint density at radius 1 is 1.54 bits per heavy atom. The molecule has 0 fully saturated rings. The molecule has 0 bridgehead atoms. The molecular formula is C10H13NO2. The Morgan fingerprint density at radius 2 is 2.15 bits per heavy atom. The number of carbonyl (C=O) groups is 1. The molecule has 3 N–H and O–H groups in total. The maximum atomic E-state index is 11.2. The van der Waals surface area contributed by atoms with Crippen molar-refractivity contribution in [2.75, 3.05) is 0 Å². The fourth-order valence-corrected chi connectivity index (χ4v) is 1.50. The number of aryl methyl sites for hydroxylation is 1. The van der Waals surface area contributed by atoms with Crippen molar-refractivity contribution in [3.63, 3.8) is 0 Å². The van der Waals surface area contributed by atoms with Gasteiger partial charge < -0.3 is 10.8 Å². The summed E-state index contributed by atoms with van der Waals surface area (Å²) in [6, 6.07) is 3.10. The summed E-state index contributed by atoms with van der Waals surface area (Å²) in [4.78, 5) is 11.2. The Balaban J connectivity index is 3.38. The second-order valence-electron chi connectivity index (χ2n) is 3.06. The van der Waals surface area contributed by atoms with E-state index >= 15 is 0 Å². The number of phenols is 1. The highest BCUT2D eigenvalue weighted by molar-refractivity contribution is 5.97. The Kier molecular flexibility index (Phi) is 2.68. The summed E-state index contributed by atoms with van der Waals surface area (Å²) in [5.41, 5.74) is 7.56. The van der Waals surface area contributed by atoms with E-state index in [0.29, 0.717) is 11.1 Å². The minimum Gasteiger partial charge on any atom is -0.508 e. The molecule has 1 aromatic rings. The molecule has 0 aliphatic carbocycles. The van der Waals surface area contributed by atoms with E-state index in [2.05, 4.69) is 0 Å². The summed E-state index contributed by atoms with van der Waals surface area (Å²) in [6.07, 6.45) is 0. The van der Waals surface area contributed by atoms with Crippen molar-refractivity contribution in [3.8, 4) is 5.75 Å². The molecule has 0 aromatic heterocycles. The molecule has 0 unspecified atom stereocenters. The van der Waals surface area contributed by atoms with Crippen LogP contribution in [-0.2, 0) is 6.54 Å². The zero-order valence-corrected chi connectivity index (χ0v) is 7.79. The van der Waals surface area contributed by atoms with E-state index < -0.39 is 0 Å². The van der Waals surface area contributed by atoms with Crippen molar-refractivity contribution < 1.29 is 9.90 Å². The first-order valence-corrected chi connectivity index (χ1v) is 4.09. The van der Waals surface area contributed by atoms with Crippen LogP contribution in [-0.4, -0.2) is 10.9 Å². The van der Waals surface area contributed by atoms with Crippen LogP contribution in [0.3, 0.4) is 0 Å². The molecule has 0 heterocycles. The van der Waals surface area contributed by atoms with Crippen LogP contribution in [0.25, 0.3) is 0 Å². The van der Waals surface area contributed by atoms with E-state index in [4.69, 9.17) is 5.73 Å². The number of benzene rings is 1. The standard InChI is InChI=1S/C10H13NO2/c1-6-3-9(13)4-8(5-11)10(6)7(2)12/h3-4,13H,5,11H2,1-2H3. The summed E-state index contributed by atoms with van der Waals surface area (Å²) in [6.45, 7) is 3.55. The second kappa shape index (κ2) is 3.58. The summed E-state index contributed by atoms with van der Waals surface area (Å²) < 4.78 is 0. The molecule has 3 nitrogen and oxygen atoms in total. The number of phenolic OH excluding ortho intramolecular Hbond substituents is 1. The minimum absolute atomic E-state index is 0.0158. The molecule has 0 spiro atoms. The lowest BCUT2D eigenvalue weighted by Gasteiger charge is -2.08. The predicted octanol–water partition coefficient (Wildman–Crippen LogP) is 1.36. The molecule has 0 aliphatic rings. The molecule has 0 saturated heterocycles. The molecule has 0 atom stereocenters. The second-order valence-corrected chi connectivity index (χ2v) is 3.06. The number of rotatable bonds is 2. The Bertz CT molecular complexity index is 345. The van der Waals surface area contributed by atoms with Gasteiger partial charge in [0.1, 0.15) is 5.75 Å². The molecular weight excluding hydrogens is 166 g/mol. The molecule has 0 amide bonds. The van der Waals surface area contributed by atoms with Crippen LogP contribution in [0.4, 0.5) is 0 Å². The van der Waals surface area contributed by atoms with Gasteiger partial charge >= 0.3 is 0 Å². The van der Waals surface area contributed by atoms with Crippen LogP contribution in [0.2, 0.25) is 0 Å². The highest BCUT2D eigenvalue weighted by Gasteiger charge is 2.10. The van der Waals surface area contributed by atoms with Crippen LogP contribution in [0.1, 0.15) is 28.4 Å². The highest BCUT2D eigenvalue weighted by atomic mass is 16.3. The van der Waals surface area contributed by atoms with Crippen molar-refractivity contribution in [2.45, 2.75) is 20.4 Å². The summed E-state index contributed by atoms with van der Waals surface area (Å²) >= 11 is 0. The minimum atomic E-state index is -0.0158. The van der Waals surface area contributed by atoms with E-state index in [1.54, 1.807) is 13.0 Å². The number of hydrogen-bond donors (Lipinski definition) is 2. The van der Waals surface area contributed by atoms with Crippen LogP contribution in [0.5, 0.6) is 5.75 Å². The van der Waals surface area contributed by atoms with Gasteiger partial charge in [-0.1, -0.05) is 0 Å². The normalized spacial score (nSPS) is 10.1. The average Bonchev–Trinajstić information content (AvgIpc) is 2.01. The smallest absolute Gasteiger partial charge is 0.160 e. The fourth-order valence-electron chi connectivity index (χ4n) is 1.50. The molecule has 1 rings (SSSR count). The first-order valence-electron chi connectivity index (χ1n) is 4.09. The maximum absolute atomic E-state index is 11.2. The summed E-state index contributed by atoms with van der Waals surface area (Å²) in [5, 5.41) is 9.26. The van der Waals surface area contributed by atoms with Gasteiger partial charge in [0.15, 0.2) is 5.78 Å². The lowest BCUT2D eigenvalue weighted by atomic mass is 9.98. The topological polar surface area (TPSA) is 63.3 Å². The lowest BCUT2D eigenvalue weighted by molar-refractivity contribution is 0.101. The van der Waals surface area contributed by atoms with E-state index in [1.165, 1.54) is 13.0 Å².